The van der Waals surface area contributed by atoms with Crippen LogP contribution in [0.4, 0.5) is 16.2 Å². The van der Waals surface area contributed by atoms with Crippen LogP contribution < -0.4 is 10.6 Å². The number of rotatable bonds is 10. The number of hydrogen-bond acceptors (Lipinski definition) is 5. The Kier molecular flexibility index (Phi) is 12.7. The van der Waals surface area contributed by atoms with Crippen LogP contribution >= 0.6 is 10.0 Å². The molecule has 0 radical (unpaired) electrons. The fourth-order valence-electron chi connectivity index (χ4n) is 3.89. The maximum Gasteiger partial charge on any atom is 0.412 e. The molecule has 0 atom stereocenters. The molecule has 0 aliphatic rings. The first-order chi connectivity index (χ1) is 19.3. The van der Waals surface area contributed by atoms with E-state index in [9.17, 15) is 9.59 Å². The van der Waals surface area contributed by atoms with Gasteiger partial charge in [-0.25, -0.2) is 14.8 Å². The van der Waals surface area contributed by atoms with Gasteiger partial charge in [-0.2, -0.15) is 0 Å². The second-order valence-corrected chi connectivity index (χ2v) is 15.9. The number of ether oxygens (including phenoxy) is 2. The predicted octanol–water partition coefficient (Wildman–Crippen LogP) is 8.61. The summed E-state index contributed by atoms with van der Waals surface area (Å²) in [6, 6.07) is 11.3. The number of hydrogen-bond donors (Lipinski definition) is 2. The number of aromatic nitrogens is 1. The second-order valence-electron chi connectivity index (χ2n) is 11.4. The standard InChI is InChI=1S/C31H43N3O4S.C2H6.2H2/c1-9-39(7,8)15-14-37-13-12-23-18-28-24(16-22(23)3)17-25(20-32-28)29(35)34-27-19-26(11-10-21(27)2)33-30(36)38-31(4,5)6;1-2;;/h10-11,16-20H,9,12-15H2,1-8H3,(H,33,36)(H,34,35);1-2H3;2*1H. The molecule has 0 fully saturated rings. The molecule has 0 saturated carbocycles. The van der Waals surface area contributed by atoms with Gasteiger partial charge in [0.1, 0.15) is 5.60 Å². The molecule has 3 aromatic rings. The molecule has 0 spiro atoms. The van der Waals surface area contributed by atoms with Crippen molar-refractivity contribution in [3.63, 3.8) is 0 Å². The van der Waals surface area contributed by atoms with Crippen molar-refractivity contribution in [2.24, 2.45) is 0 Å². The highest BCUT2D eigenvalue weighted by molar-refractivity contribution is 8.32. The monoisotopic (exact) mass is 587 g/mol. The predicted molar refractivity (Wildman–Crippen MR) is 180 cm³/mol. The highest BCUT2D eigenvalue weighted by atomic mass is 32.3. The molecule has 0 aliphatic carbocycles. The summed E-state index contributed by atoms with van der Waals surface area (Å²) in [7, 11) is -0.538. The van der Waals surface area contributed by atoms with Crippen LogP contribution in [-0.4, -0.2) is 59.8 Å². The minimum absolute atomic E-state index is 0. The van der Waals surface area contributed by atoms with Crippen molar-refractivity contribution in [1.82, 2.24) is 4.98 Å². The van der Waals surface area contributed by atoms with Gasteiger partial charge >= 0.3 is 6.09 Å². The summed E-state index contributed by atoms with van der Waals surface area (Å²) in [5, 5.41) is 6.57. The van der Waals surface area contributed by atoms with Gasteiger partial charge in [-0.05, 0) is 106 Å². The van der Waals surface area contributed by atoms with Crippen LogP contribution in [0.5, 0.6) is 0 Å². The average molecular weight is 588 g/mol. The lowest BCUT2D eigenvalue weighted by molar-refractivity contribution is 0.0635. The van der Waals surface area contributed by atoms with Crippen LogP contribution in [0.2, 0.25) is 0 Å². The summed E-state index contributed by atoms with van der Waals surface area (Å²) < 4.78 is 11.2. The van der Waals surface area contributed by atoms with E-state index in [1.165, 1.54) is 11.3 Å². The molecule has 3 rings (SSSR count). The smallest absolute Gasteiger partial charge is 0.412 e. The van der Waals surface area contributed by atoms with Gasteiger partial charge in [0.05, 0.1) is 24.3 Å². The van der Waals surface area contributed by atoms with Gasteiger partial charge in [-0.3, -0.25) is 15.1 Å². The number of carbonyl (C=O) groups excluding carboxylic acids is 2. The van der Waals surface area contributed by atoms with E-state index in [-0.39, 0.29) is 8.76 Å². The molecule has 2 aromatic carbocycles. The normalized spacial score (nSPS) is 11.9. The summed E-state index contributed by atoms with van der Waals surface area (Å²) in [5.41, 5.74) is 5.07. The molecule has 0 unspecified atom stereocenters. The molecule has 41 heavy (non-hydrogen) atoms. The molecule has 230 valence electrons. The minimum Gasteiger partial charge on any atom is -0.444 e. The number of aryl methyl sites for hydroxylation is 2. The third-order valence-electron chi connectivity index (χ3n) is 6.61. The topological polar surface area (TPSA) is 89.5 Å². The molecule has 2 amide bonds. The molecule has 1 aromatic heterocycles. The Morgan fingerprint density at radius 2 is 1.68 bits per heavy atom. The van der Waals surface area contributed by atoms with Gasteiger partial charge in [0, 0.05) is 31.6 Å². The van der Waals surface area contributed by atoms with Crippen LogP contribution in [0.25, 0.3) is 10.9 Å². The number of anilines is 2. The van der Waals surface area contributed by atoms with Crippen LogP contribution in [0.15, 0.2) is 42.6 Å². The molecule has 2 N–H and O–H groups in total. The van der Waals surface area contributed by atoms with Gasteiger partial charge in [0.25, 0.3) is 5.91 Å². The summed E-state index contributed by atoms with van der Waals surface area (Å²) in [6.45, 7) is 17.1. The molecular weight excluding hydrogens is 534 g/mol. The van der Waals surface area contributed by atoms with Gasteiger partial charge in [0.2, 0.25) is 0 Å². The Hall–Kier alpha value is -3.10. The quantitative estimate of drug-likeness (QED) is 0.232. The van der Waals surface area contributed by atoms with Crippen LogP contribution in [0.1, 0.15) is 71.4 Å². The van der Waals surface area contributed by atoms with Crippen molar-refractivity contribution < 1.29 is 21.9 Å². The zero-order valence-corrected chi connectivity index (χ0v) is 27.4. The number of fused-ring (bicyclic) bond motifs is 1. The van der Waals surface area contributed by atoms with Gasteiger partial charge in [-0.15, -0.1) is 0 Å². The number of nitrogens with one attached hydrogen (secondary N) is 2. The molecule has 8 heteroatoms. The maximum absolute atomic E-state index is 13.1. The fourth-order valence-corrected chi connectivity index (χ4v) is 4.75. The average Bonchev–Trinajstić information content (AvgIpc) is 2.90. The first kappa shape index (κ1) is 34.1. The van der Waals surface area contributed by atoms with E-state index in [2.05, 4.69) is 54.1 Å². The van der Waals surface area contributed by atoms with Crippen molar-refractivity contribution in [3.05, 3.63) is 64.8 Å². The molecule has 7 nitrogen and oxygen atoms in total. The van der Waals surface area contributed by atoms with Gasteiger partial charge in [-0.1, -0.05) is 26.8 Å². The Morgan fingerprint density at radius 1 is 0.976 bits per heavy atom. The molecule has 1 heterocycles. The van der Waals surface area contributed by atoms with E-state index < -0.39 is 21.7 Å². The first-order valence-corrected chi connectivity index (χ1v) is 17.1. The molecular formula is C33H53N3O4S. The largest absolute Gasteiger partial charge is 0.444 e. The lowest BCUT2D eigenvalue weighted by Gasteiger charge is -2.29. The number of pyridine rings is 1. The minimum atomic E-state index is -0.603. The van der Waals surface area contributed by atoms with Gasteiger partial charge < -0.3 is 14.8 Å². The Labute approximate surface area is 251 Å². The Bertz CT molecular complexity index is 1340. The van der Waals surface area contributed by atoms with Crippen molar-refractivity contribution in [2.75, 3.05) is 47.9 Å². The highest BCUT2D eigenvalue weighted by Crippen LogP contribution is 2.38. The van der Waals surface area contributed by atoms with E-state index in [0.717, 1.165) is 40.8 Å². The van der Waals surface area contributed by atoms with Crippen LogP contribution in [-0.2, 0) is 15.9 Å². The molecule has 0 bridgehead atoms. The number of amides is 2. The lowest BCUT2D eigenvalue weighted by Crippen LogP contribution is -2.27. The third kappa shape index (κ3) is 11.0. The zero-order valence-electron chi connectivity index (χ0n) is 26.6. The summed E-state index contributed by atoms with van der Waals surface area (Å²) in [5.74, 6) is 2.09. The van der Waals surface area contributed by atoms with Crippen molar-refractivity contribution in [2.45, 2.75) is 67.4 Å². The third-order valence-corrected chi connectivity index (χ3v) is 9.44. The van der Waals surface area contributed by atoms with E-state index in [1.807, 2.05) is 32.9 Å². The van der Waals surface area contributed by atoms with Crippen molar-refractivity contribution in [3.8, 4) is 0 Å². The molecule has 0 saturated heterocycles. The maximum atomic E-state index is 13.1. The fraction of sp³-hybridized carbons (Fsp3) is 0.485. The van der Waals surface area contributed by atoms with Crippen molar-refractivity contribution in [1.29, 1.82) is 0 Å². The van der Waals surface area contributed by atoms with E-state index in [0.29, 0.717) is 23.5 Å². The SMILES string of the molecule is CC.CCS(C)(C)CCOCCc1cc2ncc(C(=O)Nc3cc(NC(=O)OC(C)(C)C)ccc3C)cc2cc1C.[HH].[HH]. The highest BCUT2D eigenvalue weighted by Gasteiger charge is 2.17. The number of carbonyl (C=O) groups is 2. The number of nitrogens with zero attached hydrogens (tertiary/aromatic N) is 1. The second kappa shape index (κ2) is 15.2. The van der Waals surface area contributed by atoms with Crippen molar-refractivity contribution >= 4 is 44.3 Å². The number of benzene rings is 2. The summed E-state index contributed by atoms with van der Waals surface area (Å²) >= 11 is 0. The zero-order chi connectivity index (χ0) is 30.8. The summed E-state index contributed by atoms with van der Waals surface area (Å²) in [6.07, 6.45) is 6.59. The van der Waals surface area contributed by atoms with E-state index >= 15 is 0 Å². The van der Waals surface area contributed by atoms with Crippen LogP contribution in [0, 0.1) is 13.8 Å². The van der Waals surface area contributed by atoms with Crippen LogP contribution in [0.3, 0.4) is 0 Å². The summed E-state index contributed by atoms with van der Waals surface area (Å²) in [4.78, 5) is 29.8. The lowest BCUT2D eigenvalue weighted by atomic mass is 10.0. The Morgan fingerprint density at radius 3 is 2.34 bits per heavy atom. The van der Waals surface area contributed by atoms with E-state index in [4.69, 9.17) is 9.47 Å². The van der Waals surface area contributed by atoms with E-state index in [1.54, 1.807) is 39.1 Å². The molecule has 0 aliphatic heterocycles. The van der Waals surface area contributed by atoms with Gasteiger partial charge in [0.15, 0.2) is 0 Å². The first-order valence-electron chi connectivity index (χ1n) is 14.3. The Balaban J connectivity index is 0.00000432.